The molecule has 1 aromatic rings. The first-order valence-electron chi connectivity index (χ1n) is 7.77. The van der Waals surface area contributed by atoms with E-state index in [1.54, 1.807) is 6.07 Å². The molecule has 1 heterocycles. The van der Waals surface area contributed by atoms with Crippen molar-refractivity contribution in [3.05, 3.63) is 16.5 Å². The Morgan fingerprint density at radius 2 is 2.00 bits per heavy atom. The van der Waals surface area contributed by atoms with Crippen LogP contribution < -0.4 is 4.72 Å². The van der Waals surface area contributed by atoms with Crippen LogP contribution in [0.5, 0.6) is 0 Å². The number of aliphatic hydroxyl groups is 1. The van der Waals surface area contributed by atoms with Gasteiger partial charge in [-0.15, -0.1) is 11.3 Å². The summed E-state index contributed by atoms with van der Waals surface area (Å²) in [5.74, 6) is 0.0573. The predicted molar refractivity (Wildman–Crippen MR) is 93.0 cm³/mol. The molecule has 1 rings (SSSR count). The summed E-state index contributed by atoms with van der Waals surface area (Å²) in [6.07, 6.45) is 3.74. The van der Waals surface area contributed by atoms with Gasteiger partial charge in [-0.25, -0.2) is 13.1 Å². The Bertz CT molecular complexity index is 545. The van der Waals surface area contributed by atoms with Gasteiger partial charge in [0.25, 0.3) is 0 Å². The van der Waals surface area contributed by atoms with Gasteiger partial charge in [-0.3, -0.25) is 0 Å². The summed E-state index contributed by atoms with van der Waals surface area (Å²) in [4.78, 5) is 0. The molecule has 0 saturated carbocycles. The Morgan fingerprint density at radius 3 is 2.50 bits per heavy atom. The largest absolute Gasteiger partial charge is 0.391 e. The minimum absolute atomic E-state index is 0.0573. The molecule has 22 heavy (non-hydrogen) atoms. The van der Waals surface area contributed by atoms with Crippen molar-refractivity contribution in [3.8, 4) is 0 Å². The fraction of sp³-hybridized carbons (Fsp3) is 0.733. The number of rotatable bonds is 10. The fourth-order valence-electron chi connectivity index (χ4n) is 2.29. The summed E-state index contributed by atoms with van der Waals surface area (Å²) >= 11 is 6.84. The molecule has 7 heteroatoms. The van der Waals surface area contributed by atoms with Crippen LogP contribution in [0.25, 0.3) is 0 Å². The molecule has 0 fully saturated rings. The average Bonchev–Trinajstić information content (AvgIpc) is 2.91. The first kappa shape index (κ1) is 19.9. The van der Waals surface area contributed by atoms with Gasteiger partial charge in [0.1, 0.15) is 4.21 Å². The Balaban J connectivity index is 2.84. The van der Waals surface area contributed by atoms with E-state index < -0.39 is 22.2 Å². The van der Waals surface area contributed by atoms with Crippen LogP contribution in [-0.2, 0) is 10.0 Å². The SMILES string of the molecule is CCCCC[C@H](O)C(NS(=O)(=O)c1ccc(Cl)s1)[C@@H](C)CC. The van der Waals surface area contributed by atoms with Gasteiger partial charge in [0.2, 0.25) is 10.0 Å². The van der Waals surface area contributed by atoms with Gasteiger partial charge in [0.05, 0.1) is 16.5 Å². The maximum atomic E-state index is 12.4. The summed E-state index contributed by atoms with van der Waals surface area (Å²) in [5, 5.41) is 10.4. The molecule has 4 nitrogen and oxygen atoms in total. The zero-order valence-electron chi connectivity index (χ0n) is 13.4. The molecule has 0 aliphatic rings. The highest BCUT2D eigenvalue weighted by molar-refractivity contribution is 7.91. The van der Waals surface area contributed by atoms with Crippen LogP contribution in [0.1, 0.15) is 52.9 Å². The lowest BCUT2D eigenvalue weighted by Crippen LogP contribution is -2.47. The van der Waals surface area contributed by atoms with E-state index >= 15 is 0 Å². The van der Waals surface area contributed by atoms with Gasteiger partial charge in [-0.05, 0) is 24.5 Å². The van der Waals surface area contributed by atoms with Crippen LogP contribution in [0.3, 0.4) is 0 Å². The van der Waals surface area contributed by atoms with Gasteiger partial charge < -0.3 is 5.11 Å². The second-order valence-corrected chi connectivity index (χ2v) is 9.31. The quantitative estimate of drug-likeness (QED) is 0.613. The van der Waals surface area contributed by atoms with Crippen molar-refractivity contribution in [3.63, 3.8) is 0 Å². The number of nitrogens with one attached hydrogen (secondary N) is 1. The Morgan fingerprint density at radius 1 is 1.32 bits per heavy atom. The minimum atomic E-state index is -3.65. The number of unbranched alkanes of at least 4 members (excludes halogenated alkanes) is 2. The van der Waals surface area contributed by atoms with Crippen molar-refractivity contribution in [2.75, 3.05) is 0 Å². The normalized spacial score (nSPS) is 16.4. The number of thiophene rings is 1. The first-order valence-corrected chi connectivity index (χ1v) is 10.4. The molecular weight excluding hydrogens is 342 g/mol. The van der Waals surface area contributed by atoms with Gasteiger partial charge in [-0.1, -0.05) is 58.1 Å². The van der Waals surface area contributed by atoms with E-state index in [9.17, 15) is 13.5 Å². The van der Waals surface area contributed by atoms with E-state index in [0.29, 0.717) is 10.8 Å². The van der Waals surface area contributed by atoms with E-state index in [2.05, 4.69) is 11.6 Å². The van der Waals surface area contributed by atoms with E-state index in [1.807, 2.05) is 13.8 Å². The maximum absolute atomic E-state index is 12.4. The fourth-order valence-corrected chi connectivity index (χ4v) is 5.17. The van der Waals surface area contributed by atoms with Crippen LogP contribution in [-0.4, -0.2) is 25.7 Å². The molecule has 0 spiro atoms. The molecule has 0 aromatic carbocycles. The number of halogens is 1. The van der Waals surface area contributed by atoms with Crippen LogP contribution in [0.4, 0.5) is 0 Å². The van der Waals surface area contributed by atoms with E-state index in [4.69, 9.17) is 11.6 Å². The zero-order chi connectivity index (χ0) is 16.8. The Hall–Kier alpha value is -0.140. The molecule has 3 atom stereocenters. The average molecular weight is 368 g/mol. The van der Waals surface area contributed by atoms with Gasteiger partial charge in [0, 0.05) is 0 Å². The number of sulfonamides is 1. The highest BCUT2D eigenvalue weighted by Gasteiger charge is 2.30. The lowest BCUT2D eigenvalue weighted by atomic mass is 9.92. The van der Waals surface area contributed by atoms with Crippen molar-refractivity contribution in [2.24, 2.45) is 5.92 Å². The number of hydrogen-bond donors (Lipinski definition) is 2. The molecular formula is C15H26ClNO3S2. The summed E-state index contributed by atoms with van der Waals surface area (Å²) in [6, 6.07) is 2.58. The van der Waals surface area contributed by atoms with E-state index in [1.165, 1.54) is 6.07 Å². The molecule has 0 amide bonds. The summed E-state index contributed by atoms with van der Waals surface area (Å²) in [5.41, 5.74) is 0. The third-order valence-electron chi connectivity index (χ3n) is 3.88. The highest BCUT2D eigenvalue weighted by Crippen LogP contribution is 2.27. The van der Waals surface area contributed by atoms with Gasteiger partial charge >= 0.3 is 0 Å². The number of hydrogen-bond acceptors (Lipinski definition) is 4. The lowest BCUT2D eigenvalue weighted by molar-refractivity contribution is 0.100. The van der Waals surface area contributed by atoms with Crippen molar-refractivity contribution >= 4 is 33.0 Å². The Labute approximate surface area is 142 Å². The molecule has 1 aromatic heterocycles. The third-order valence-corrected chi connectivity index (χ3v) is 7.06. The molecule has 2 N–H and O–H groups in total. The van der Waals surface area contributed by atoms with Crippen molar-refractivity contribution in [2.45, 2.75) is 69.2 Å². The standard InChI is InChI=1S/C15H26ClNO3S2/c1-4-6-7-8-12(18)15(11(3)5-2)17-22(19,20)14-10-9-13(16)21-14/h9-12,15,17-18H,4-8H2,1-3H3/t11-,12-,15?/m0/s1. The molecule has 0 aliphatic heterocycles. The zero-order valence-corrected chi connectivity index (χ0v) is 15.8. The van der Waals surface area contributed by atoms with Crippen molar-refractivity contribution < 1.29 is 13.5 Å². The van der Waals surface area contributed by atoms with E-state index in [0.717, 1.165) is 37.0 Å². The van der Waals surface area contributed by atoms with Gasteiger partial charge in [-0.2, -0.15) is 0 Å². The van der Waals surface area contributed by atoms with Crippen LogP contribution in [0, 0.1) is 5.92 Å². The summed E-state index contributed by atoms with van der Waals surface area (Å²) in [7, 11) is -3.65. The monoisotopic (exact) mass is 367 g/mol. The van der Waals surface area contributed by atoms with Gasteiger partial charge in [0.15, 0.2) is 0 Å². The highest BCUT2D eigenvalue weighted by atomic mass is 35.5. The smallest absolute Gasteiger partial charge is 0.250 e. The summed E-state index contributed by atoms with van der Waals surface area (Å²) in [6.45, 7) is 6.05. The second kappa shape index (κ2) is 9.23. The molecule has 128 valence electrons. The van der Waals surface area contributed by atoms with Crippen LogP contribution >= 0.6 is 22.9 Å². The van der Waals surface area contributed by atoms with Crippen LogP contribution in [0.2, 0.25) is 4.34 Å². The molecule has 0 bridgehead atoms. The lowest BCUT2D eigenvalue weighted by Gasteiger charge is -2.28. The molecule has 0 aliphatic carbocycles. The Kier molecular flexibility index (Phi) is 8.35. The second-order valence-electron chi connectivity index (χ2n) is 5.65. The molecule has 1 unspecified atom stereocenters. The van der Waals surface area contributed by atoms with Crippen molar-refractivity contribution in [1.82, 2.24) is 4.72 Å². The minimum Gasteiger partial charge on any atom is -0.391 e. The van der Waals surface area contributed by atoms with Crippen molar-refractivity contribution in [1.29, 1.82) is 0 Å². The van der Waals surface area contributed by atoms with E-state index in [-0.39, 0.29) is 10.1 Å². The molecule has 0 saturated heterocycles. The topological polar surface area (TPSA) is 66.4 Å². The molecule has 0 radical (unpaired) electrons. The predicted octanol–water partition coefficient (Wildman–Crippen LogP) is 4.04. The van der Waals surface area contributed by atoms with Crippen LogP contribution in [0.15, 0.2) is 16.3 Å². The number of aliphatic hydroxyl groups excluding tert-OH is 1. The summed E-state index contributed by atoms with van der Waals surface area (Å²) < 4.78 is 28.2. The first-order chi connectivity index (χ1) is 10.3. The maximum Gasteiger partial charge on any atom is 0.250 e. The third kappa shape index (κ3) is 5.81.